The molecule has 1 aliphatic heterocycles. The van der Waals surface area contributed by atoms with Crippen molar-refractivity contribution in [2.24, 2.45) is 5.73 Å². The Bertz CT molecular complexity index is 1280. The van der Waals surface area contributed by atoms with Crippen LogP contribution in [0.25, 0.3) is 22.5 Å². The molecule has 1 aliphatic rings. The number of rotatable bonds is 5. The number of nitrogens with two attached hydrogens (primary N) is 1. The molecule has 0 fully saturated rings. The lowest BCUT2D eigenvalue weighted by Crippen LogP contribution is -2.18. The molecule has 0 saturated carbocycles. The fourth-order valence-electron chi connectivity index (χ4n) is 4.14. The molecule has 2 aromatic heterocycles. The van der Waals surface area contributed by atoms with Crippen LogP contribution in [0.4, 0.5) is 5.82 Å². The Kier molecular flexibility index (Phi) is 5.28. The lowest BCUT2D eigenvalue weighted by molar-refractivity contribution is 0.100. The minimum absolute atomic E-state index is 0.290. The summed E-state index contributed by atoms with van der Waals surface area (Å²) in [5.41, 5.74) is 9.93. The number of hydrogen-bond acceptors (Lipinski definition) is 7. The average Bonchev–Trinajstić information content (AvgIpc) is 3.14. The Hall–Kier alpha value is -3.78. The topological polar surface area (TPSA) is 110 Å². The minimum Gasteiger partial charge on any atom is -0.366 e. The molecule has 0 unspecified atom stereocenters. The van der Waals surface area contributed by atoms with Crippen LogP contribution < -0.4 is 11.1 Å². The van der Waals surface area contributed by atoms with Crippen molar-refractivity contribution in [2.45, 2.75) is 25.9 Å². The summed E-state index contributed by atoms with van der Waals surface area (Å²) in [7, 11) is 2.10. The minimum atomic E-state index is -0.562. The van der Waals surface area contributed by atoms with Gasteiger partial charge in [0, 0.05) is 18.7 Å². The van der Waals surface area contributed by atoms with Crippen LogP contribution in [0.1, 0.15) is 33.6 Å². The third kappa shape index (κ3) is 3.80. The van der Waals surface area contributed by atoms with Gasteiger partial charge in [0.25, 0.3) is 5.91 Å². The van der Waals surface area contributed by atoms with Gasteiger partial charge in [-0.3, -0.25) is 4.79 Å². The van der Waals surface area contributed by atoms with Crippen molar-refractivity contribution in [1.82, 2.24) is 20.0 Å². The van der Waals surface area contributed by atoms with Crippen molar-refractivity contribution >= 4 is 22.7 Å². The number of aromatic nitrogens is 3. The lowest BCUT2D eigenvalue weighted by atomic mass is 10.1. The van der Waals surface area contributed by atoms with Crippen molar-refractivity contribution in [2.75, 3.05) is 18.9 Å². The van der Waals surface area contributed by atoms with Crippen molar-refractivity contribution in [1.29, 1.82) is 0 Å². The van der Waals surface area contributed by atoms with Crippen LogP contribution in [0.2, 0.25) is 0 Å². The summed E-state index contributed by atoms with van der Waals surface area (Å²) in [6.45, 7) is 2.39. The number of carbonyl (C=O) groups excluding carboxylic acids is 1. The zero-order valence-corrected chi connectivity index (χ0v) is 17.8. The molecule has 0 spiro atoms. The van der Waals surface area contributed by atoms with E-state index in [1.54, 1.807) is 12.1 Å². The Morgan fingerprint density at radius 3 is 2.81 bits per heavy atom. The van der Waals surface area contributed by atoms with Crippen molar-refractivity contribution in [3.05, 3.63) is 70.9 Å². The first-order valence-corrected chi connectivity index (χ1v) is 10.6. The van der Waals surface area contributed by atoms with Gasteiger partial charge in [0.05, 0.1) is 16.6 Å². The second-order valence-corrected chi connectivity index (χ2v) is 8.08. The number of amides is 1. The van der Waals surface area contributed by atoms with E-state index in [9.17, 15) is 4.79 Å². The van der Waals surface area contributed by atoms with Crippen LogP contribution in [0.5, 0.6) is 0 Å². The highest BCUT2D eigenvalue weighted by atomic mass is 16.5. The summed E-state index contributed by atoms with van der Waals surface area (Å²) in [6, 6.07) is 15.4. The molecule has 8 heteroatoms. The monoisotopic (exact) mass is 428 g/mol. The first kappa shape index (κ1) is 20.1. The zero-order chi connectivity index (χ0) is 22.1. The molecule has 4 aromatic rings. The van der Waals surface area contributed by atoms with Crippen molar-refractivity contribution < 1.29 is 9.32 Å². The van der Waals surface area contributed by atoms with Gasteiger partial charge in [0.2, 0.25) is 0 Å². The molecule has 3 heterocycles. The third-order valence-electron chi connectivity index (χ3n) is 5.76. The van der Waals surface area contributed by atoms with Gasteiger partial charge in [-0.05, 0) is 44.1 Å². The number of nitrogens with one attached hydrogen (secondary N) is 1. The summed E-state index contributed by atoms with van der Waals surface area (Å²) >= 11 is 0. The number of hydrogen-bond donors (Lipinski definition) is 2. The molecule has 0 saturated heterocycles. The van der Waals surface area contributed by atoms with Gasteiger partial charge in [-0.25, -0.2) is 9.97 Å². The number of anilines is 1. The molecular formula is C24H24N6O2. The predicted octanol–water partition coefficient (Wildman–Crippen LogP) is 3.37. The van der Waals surface area contributed by atoms with Gasteiger partial charge in [-0.2, -0.15) is 0 Å². The summed E-state index contributed by atoms with van der Waals surface area (Å²) in [5, 5.41) is 8.38. The fraction of sp³-hybridized carbons (Fsp3) is 0.250. The van der Waals surface area contributed by atoms with E-state index in [0.29, 0.717) is 29.0 Å². The first-order valence-electron chi connectivity index (χ1n) is 10.6. The molecule has 0 radical (unpaired) electrons. The number of para-hydroxylation sites is 1. The van der Waals surface area contributed by atoms with Crippen LogP contribution in [-0.2, 0) is 19.5 Å². The van der Waals surface area contributed by atoms with Crippen LogP contribution in [0, 0.1) is 0 Å². The van der Waals surface area contributed by atoms with Gasteiger partial charge in [0.1, 0.15) is 5.82 Å². The van der Waals surface area contributed by atoms with E-state index in [1.807, 2.05) is 24.3 Å². The Balaban J connectivity index is 1.61. The molecule has 5 rings (SSSR count). The SMILES string of the molecule is CN1CCCc2c(nc(-c3noc4c(C(N)=O)cccc34)nc2NCc2ccccc2)C1. The van der Waals surface area contributed by atoms with E-state index < -0.39 is 5.91 Å². The number of carbonyl (C=O) groups is 1. The molecule has 2 aromatic carbocycles. The Morgan fingerprint density at radius 2 is 2.00 bits per heavy atom. The summed E-state index contributed by atoms with van der Waals surface area (Å²) in [4.78, 5) is 23.8. The van der Waals surface area contributed by atoms with Crippen LogP contribution in [0.3, 0.4) is 0 Å². The van der Waals surface area contributed by atoms with Gasteiger partial charge in [0.15, 0.2) is 17.1 Å². The second-order valence-electron chi connectivity index (χ2n) is 8.08. The van der Waals surface area contributed by atoms with E-state index in [2.05, 4.69) is 34.6 Å². The molecule has 3 N–H and O–H groups in total. The molecule has 162 valence electrons. The highest BCUT2D eigenvalue weighted by Crippen LogP contribution is 2.31. The molecular weight excluding hydrogens is 404 g/mol. The quantitative estimate of drug-likeness (QED) is 0.501. The van der Waals surface area contributed by atoms with E-state index in [4.69, 9.17) is 20.2 Å². The maximum absolute atomic E-state index is 11.8. The van der Waals surface area contributed by atoms with E-state index in [1.165, 1.54) is 5.56 Å². The molecule has 0 atom stereocenters. The maximum Gasteiger partial charge on any atom is 0.252 e. The van der Waals surface area contributed by atoms with E-state index in [0.717, 1.165) is 43.0 Å². The summed E-state index contributed by atoms with van der Waals surface area (Å²) in [6.07, 6.45) is 1.95. The average molecular weight is 428 g/mol. The molecule has 1 amide bonds. The van der Waals surface area contributed by atoms with Gasteiger partial charge < -0.3 is 20.5 Å². The van der Waals surface area contributed by atoms with Gasteiger partial charge in [-0.1, -0.05) is 41.6 Å². The standard InChI is InChI=1S/C24H24N6O2/c1-30-12-6-11-16-19(14-30)27-24(28-23(16)26-13-15-7-3-2-4-8-15)20-17-9-5-10-18(22(25)31)21(17)32-29-20/h2-5,7-10H,6,11-14H2,1H3,(H2,25,31)(H,26,27,28). The van der Waals surface area contributed by atoms with Crippen molar-refractivity contribution in [3.63, 3.8) is 0 Å². The fourth-order valence-corrected chi connectivity index (χ4v) is 4.14. The molecule has 0 aliphatic carbocycles. The van der Waals surface area contributed by atoms with Crippen LogP contribution in [-0.4, -0.2) is 39.5 Å². The number of primary amides is 1. The zero-order valence-electron chi connectivity index (χ0n) is 17.8. The van der Waals surface area contributed by atoms with Crippen molar-refractivity contribution in [3.8, 4) is 11.5 Å². The van der Waals surface area contributed by atoms with E-state index in [-0.39, 0.29) is 5.56 Å². The summed E-state index contributed by atoms with van der Waals surface area (Å²) in [5.74, 6) is 0.717. The van der Waals surface area contributed by atoms with Crippen LogP contribution in [0.15, 0.2) is 53.1 Å². The lowest BCUT2D eigenvalue weighted by Gasteiger charge is -2.16. The summed E-state index contributed by atoms with van der Waals surface area (Å²) < 4.78 is 5.49. The van der Waals surface area contributed by atoms with Crippen LogP contribution >= 0.6 is 0 Å². The highest BCUT2D eigenvalue weighted by Gasteiger charge is 2.23. The smallest absolute Gasteiger partial charge is 0.252 e. The second kappa shape index (κ2) is 8.39. The number of benzene rings is 2. The van der Waals surface area contributed by atoms with Gasteiger partial charge in [-0.15, -0.1) is 0 Å². The predicted molar refractivity (Wildman–Crippen MR) is 122 cm³/mol. The van der Waals surface area contributed by atoms with E-state index >= 15 is 0 Å². The highest BCUT2D eigenvalue weighted by molar-refractivity contribution is 6.06. The first-order chi connectivity index (χ1) is 15.6. The largest absolute Gasteiger partial charge is 0.366 e. The number of fused-ring (bicyclic) bond motifs is 2. The maximum atomic E-state index is 11.8. The number of nitrogens with zero attached hydrogens (tertiary/aromatic N) is 4. The molecule has 0 bridgehead atoms. The van der Waals surface area contributed by atoms with Gasteiger partial charge >= 0.3 is 0 Å². The third-order valence-corrected chi connectivity index (χ3v) is 5.76. The Morgan fingerprint density at radius 1 is 1.16 bits per heavy atom. The Labute approximate surface area is 185 Å². The molecule has 32 heavy (non-hydrogen) atoms. The molecule has 8 nitrogen and oxygen atoms in total. The normalized spacial score (nSPS) is 14.2.